The summed E-state index contributed by atoms with van der Waals surface area (Å²) >= 11 is 0. The van der Waals surface area contributed by atoms with Crippen LogP contribution in [0.15, 0.2) is 47.5 Å². The van der Waals surface area contributed by atoms with Crippen LogP contribution in [-0.4, -0.2) is 58.9 Å². The first-order chi connectivity index (χ1) is 13.6. The van der Waals surface area contributed by atoms with Crippen LogP contribution in [0.5, 0.6) is 17.2 Å². The van der Waals surface area contributed by atoms with Crippen molar-refractivity contribution in [2.45, 2.75) is 13.3 Å². The number of benzene rings is 2. The SMILES string of the molecule is CN=C(NCCOc1ccccc1C)N(C)CCc1ccc(OC)c(OC)c1.I. The van der Waals surface area contributed by atoms with Gasteiger partial charge in [-0.05, 0) is 42.7 Å². The Labute approximate surface area is 191 Å². The Kier molecular flexibility index (Phi) is 11.3. The van der Waals surface area contributed by atoms with Crippen LogP contribution in [-0.2, 0) is 6.42 Å². The maximum atomic E-state index is 5.83. The molecule has 0 aliphatic heterocycles. The Hall–Kier alpha value is -2.16. The Morgan fingerprint density at radius 2 is 1.76 bits per heavy atom. The number of halogens is 1. The summed E-state index contributed by atoms with van der Waals surface area (Å²) in [6, 6.07) is 14.0. The predicted molar refractivity (Wildman–Crippen MR) is 129 cm³/mol. The zero-order valence-electron chi connectivity index (χ0n) is 17.9. The fraction of sp³-hybridized carbons (Fsp3) is 0.409. The van der Waals surface area contributed by atoms with Gasteiger partial charge in [0.2, 0.25) is 0 Å². The monoisotopic (exact) mass is 513 g/mol. The van der Waals surface area contributed by atoms with Gasteiger partial charge in [0.15, 0.2) is 17.5 Å². The van der Waals surface area contributed by atoms with E-state index in [1.54, 1.807) is 21.3 Å². The molecule has 0 heterocycles. The molecule has 2 aromatic carbocycles. The molecular formula is C22H32IN3O3. The van der Waals surface area contributed by atoms with Crippen molar-refractivity contribution in [2.75, 3.05) is 48.0 Å². The van der Waals surface area contributed by atoms with E-state index in [2.05, 4.69) is 21.3 Å². The van der Waals surface area contributed by atoms with Crippen molar-refractivity contribution < 1.29 is 14.2 Å². The third-order valence-electron chi connectivity index (χ3n) is 4.49. The van der Waals surface area contributed by atoms with Crippen LogP contribution in [0.1, 0.15) is 11.1 Å². The van der Waals surface area contributed by atoms with Crippen LogP contribution in [0, 0.1) is 6.92 Å². The first kappa shape index (κ1) is 24.9. The zero-order valence-corrected chi connectivity index (χ0v) is 20.2. The van der Waals surface area contributed by atoms with Crippen LogP contribution >= 0.6 is 24.0 Å². The second-order valence-electron chi connectivity index (χ2n) is 6.45. The molecule has 0 saturated carbocycles. The van der Waals surface area contributed by atoms with Crippen molar-refractivity contribution in [1.29, 1.82) is 0 Å². The number of nitrogens with one attached hydrogen (secondary N) is 1. The van der Waals surface area contributed by atoms with Gasteiger partial charge in [-0.1, -0.05) is 24.3 Å². The van der Waals surface area contributed by atoms with Crippen LogP contribution in [0.25, 0.3) is 0 Å². The van der Waals surface area contributed by atoms with Gasteiger partial charge in [0.25, 0.3) is 0 Å². The summed E-state index contributed by atoms with van der Waals surface area (Å²) in [4.78, 5) is 6.46. The number of methoxy groups -OCH3 is 2. The van der Waals surface area contributed by atoms with Crippen molar-refractivity contribution in [2.24, 2.45) is 4.99 Å². The zero-order chi connectivity index (χ0) is 20.4. The summed E-state index contributed by atoms with van der Waals surface area (Å²) in [5.41, 5.74) is 2.32. The standard InChI is InChI=1S/C22H31N3O3.HI/c1-17-8-6-7-9-19(17)28-15-13-24-22(23-2)25(3)14-12-18-10-11-20(26-4)21(16-18)27-5;/h6-11,16H,12-15H2,1-5H3,(H,23,24);1H. The maximum absolute atomic E-state index is 5.83. The van der Waals surface area contributed by atoms with Crippen LogP contribution in [0.3, 0.4) is 0 Å². The summed E-state index contributed by atoms with van der Waals surface area (Å²) in [6.45, 7) is 4.13. The van der Waals surface area contributed by atoms with E-state index >= 15 is 0 Å². The van der Waals surface area contributed by atoms with Gasteiger partial charge in [-0.25, -0.2) is 0 Å². The summed E-state index contributed by atoms with van der Waals surface area (Å²) in [7, 11) is 7.11. The molecule has 6 nitrogen and oxygen atoms in total. The summed E-state index contributed by atoms with van der Waals surface area (Å²) < 4.78 is 16.5. The average molecular weight is 513 g/mol. The molecule has 0 fully saturated rings. The summed E-state index contributed by atoms with van der Waals surface area (Å²) in [6.07, 6.45) is 0.872. The first-order valence-corrected chi connectivity index (χ1v) is 9.40. The average Bonchev–Trinajstić information content (AvgIpc) is 2.73. The van der Waals surface area contributed by atoms with E-state index in [-0.39, 0.29) is 24.0 Å². The first-order valence-electron chi connectivity index (χ1n) is 9.40. The molecule has 0 radical (unpaired) electrons. The summed E-state index contributed by atoms with van der Waals surface area (Å²) in [5, 5.41) is 3.34. The summed E-state index contributed by atoms with van der Waals surface area (Å²) in [5.74, 6) is 3.25. The minimum absolute atomic E-state index is 0. The Bertz CT molecular complexity index is 784. The number of para-hydroxylation sites is 1. The molecule has 0 unspecified atom stereocenters. The Balaban J connectivity index is 0.00000420. The van der Waals surface area contributed by atoms with E-state index in [1.807, 2.05) is 50.4 Å². The van der Waals surface area contributed by atoms with Gasteiger partial charge in [0, 0.05) is 20.6 Å². The van der Waals surface area contributed by atoms with E-state index < -0.39 is 0 Å². The quantitative estimate of drug-likeness (QED) is 0.240. The molecule has 0 bridgehead atoms. The molecule has 2 aromatic rings. The number of nitrogens with zero attached hydrogens (tertiary/aromatic N) is 2. The molecular weight excluding hydrogens is 481 g/mol. The van der Waals surface area contributed by atoms with Crippen molar-refractivity contribution in [3.63, 3.8) is 0 Å². The van der Waals surface area contributed by atoms with Gasteiger partial charge < -0.3 is 24.4 Å². The Morgan fingerprint density at radius 1 is 1.03 bits per heavy atom. The van der Waals surface area contributed by atoms with Crippen molar-refractivity contribution in [3.8, 4) is 17.2 Å². The molecule has 0 aromatic heterocycles. The minimum Gasteiger partial charge on any atom is -0.493 e. The van der Waals surface area contributed by atoms with Gasteiger partial charge in [0.05, 0.1) is 20.8 Å². The van der Waals surface area contributed by atoms with Crippen molar-refractivity contribution in [1.82, 2.24) is 10.2 Å². The van der Waals surface area contributed by atoms with Crippen LogP contribution in [0.4, 0.5) is 0 Å². The van der Waals surface area contributed by atoms with Gasteiger partial charge in [0.1, 0.15) is 12.4 Å². The van der Waals surface area contributed by atoms with E-state index in [4.69, 9.17) is 14.2 Å². The topological polar surface area (TPSA) is 55.3 Å². The second kappa shape index (κ2) is 13.1. The van der Waals surface area contributed by atoms with Gasteiger partial charge in [-0.2, -0.15) is 0 Å². The molecule has 0 saturated heterocycles. The third kappa shape index (κ3) is 7.64. The maximum Gasteiger partial charge on any atom is 0.193 e. The van der Waals surface area contributed by atoms with Crippen molar-refractivity contribution in [3.05, 3.63) is 53.6 Å². The van der Waals surface area contributed by atoms with Gasteiger partial charge >= 0.3 is 0 Å². The number of aryl methyl sites for hydroxylation is 1. The fourth-order valence-corrected chi connectivity index (χ4v) is 2.87. The number of ether oxygens (including phenoxy) is 3. The molecule has 2 rings (SSSR count). The molecule has 7 heteroatoms. The molecule has 0 aliphatic carbocycles. The Morgan fingerprint density at radius 3 is 2.41 bits per heavy atom. The molecule has 0 atom stereocenters. The third-order valence-corrected chi connectivity index (χ3v) is 4.49. The molecule has 0 aliphatic rings. The number of hydrogen-bond donors (Lipinski definition) is 1. The largest absolute Gasteiger partial charge is 0.493 e. The number of likely N-dealkylation sites (N-methyl/N-ethyl adjacent to an activating group) is 1. The van der Waals surface area contributed by atoms with E-state index in [0.29, 0.717) is 13.2 Å². The smallest absolute Gasteiger partial charge is 0.193 e. The lowest BCUT2D eigenvalue weighted by Gasteiger charge is -2.22. The van der Waals surface area contributed by atoms with Crippen LogP contribution in [0.2, 0.25) is 0 Å². The molecule has 160 valence electrons. The van der Waals surface area contributed by atoms with Crippen LogP contribution < -0.4 is 19.5 Å². The number of aliphatic imine (C=N–C) groups is 1. The lowest BCUT2D eigenvalue weighted by molar-refractivity contribution is 0.317. The van der Waals surface area contributed by atoms with E-state index in [9.17, 15) is 0 Å². The number of hydrogen-bond acceptors (Lipinski definition) is 4. The second-order valence-corrected chi connectivity index (χ2v) is 6.45. The normalized spacial score (nSPS) is 10.7. The van der Waals surface area contributed by atoms with Gasteiger partial charge in [-0.3, -0.25) is 4.99 Å². The number of guanidine groups is 1. The highest BCUT2D eigenvalue weighted by Gasteiger charge is 2.08. The lowest BCUT2D eigenvalue weighted by Crippen LogP contribution is -2.41. The van der Waals surface area contributed by atoms with Crippen molar-refractivity contribution >= 4 is 29.9 Å². The lowest BCUT2D eigenvalue weighted by atomic mass is 10.1. The molecule has 0 amide bonds. The molecule has 1 N–H and O–H groups in total. The fourth-order valence-electron chi connectivity index (χ4n) is 2.87. The predicted octanol–water partition coefficient (Wildman–Crippen LogP) is 3.76. The minimum atomic E-state index is 0. The van der Waals surface area contributed by atoms with Gasteiger partial charge in [-0.15, -0.1) is 24.0 Å². The highest BCUT2D eigenvalue weighted by Crippen LogP contribution is 2.27. The highest BCUT2D eigenvalue weighted by molar-refractivity contribution is 14.0. The molecule has 0 spiro atoms. The van der Waals surface area contributed by atoms with E-state index in [1.165, 1.54) is 5.56 Å². The molecule has 29 heavy (non-hydrogen) atoms. The van der Waals surface area contributed by atoms with E-state index in [0.717, 1.165) is 41.7 Å². The highest BCUT2D eigenvalue weighted by atomic mass is 127. The number of rotatable bonds is 9.